The SMILES string of the molecule is COc1ccc(Cl)cc1-c1ccc2c(c1CNc1cc(F)ccc1C)C(C)=CC(C)(C)N2. The molecule has 0 saturated carbocycles. The molecule has 1 aliphatic rings. The minimum absolute atomic E-state index is 0.143. The summed E-state index contributed by atoms with van der Waals surface area (Å²) in [4.78, 5) is 0. The topological polar surface area (TPSA) is 33.3 Å². The molecule has 0 bridgehead atoms. The highest BCUT2D eigenvalue weighted by Gasteiger charge is 2.26. The monoisotopic (exact) mass is 450 g/mol. The summed E-state index contributed by atoms with van der Waals surface area (Å²) in [7, 11) is 1.66. The average molecular weight is 451 g/mol. The van der Waals surface area contributed by atoms with Crippen LogP contribution in [0.4, 0.5) is 15.8 Å². The summed E-state index contributed by atoms with van der Waals surface area (Å²) in [5.41, 5.74) is 8.09. The van der Waals surface area contributed by atoms with Gasteiger partial charge in [-0.05, 0) is 86.4 Å². The Morgan fingerprint density at radius 3 is 2.56 bits per heavy atom. The van der Waals surface area contributed by atoms with Crippen LogP contribution in [-0.2, 0) is 6.54 Å². The summed E-state index contributed by atoms with van der Waals surface area (Å²) in [6.45, 7) is 8.93. The number of allylic oxidation sites excluding steroid dienone is 1. The zero-order chi connectivity index (χ0) is 23.0. The van der Waals surface area contributed by atoms with E-state index < -0.39 is 0 Å². The number of halogens is 2. The van der Waals surface area contributed by atoms with Crippen LogP contribution in [-0.4, -0.2) is 12.6 Å². The number of rotatable bonds is 5. The van der Waals surface area contributed by atoms with Gasteiger partial charge >= 0.3 is 0 Å². The Labute approximate surface area is 194 Å². The highest BCUT2D eigenvalue weighted by Crippen LogP contribution is 2.43. The minimum Gasteiger partial charge on any atom is -0.496 e. The summed E-state index contributed by atoms with van der Waals surface area (Å²) < 4.78 is 19.5. The van der Waals surface area contributed by atoms with E-state index in [0.717, 1.165) is 44.9 Å². The predicted molar refractivity (Wildman–Crippen MR) is 133 cm³/mol. The number of ether oxygens (including phenoxy) is 1. The molecule has 0 aliphatic carbocycles. The Hall–Kier alpha value is -2.98. The first-order valence-electron chi connectivity index (χ1n) is 10.7. The lowest BCUT2D eigenvalue weighted by atomic mass is 9.85. The highest BCUT2D eigenvalue weighted by atomic mass is 35.5. The maximum atomic E-state index is 13.9. The number of hydrogen-bond donors (Lipinski definition) is 2. The van der Waals surface area contributed by atoms with Crippen molar-refractivity contribution in [1.29, 1.82) is 0 Å². The van der Waals surface area contributed by atoms with Crippen LogP contribution in [0.5, 0.6) is 5.75 Å². The van der Waals surface area contributed by atoms with Crippen molar-refractivity contribution in [3.05, 3.63) is 82.1 Å². The van der Waals surface area contributed by atoms with Gasteiger partial charge in [-0.3, -0.25) is 0 Å². The highest BCUT2D eigenvalue weighted by molar-refractivity contribution is 6.31. The van der Waals surface area contributed by atoms with E-state index in [1.807, 2.05) is 25.1 Å². The number of methoxy groups -OCH3 is 1. The fourth-order valence-corrected chi connectivity index (χ4v) is 4.67. The van der Waals surface area contributed by atoms with Crippen molar-refractivity contribution in [2.75, 3.05) is 17.7 Å². The van der Waals surface area contributed by atoms with E-state index in [2.05, 4.69) is 49.6 Å². The molecule has 0 radical (unpaired) electrons. The molecule has 3 aromatic carbocycles. The van der Waals surface area contributed by atoms with Gasteiger partial charge in [0.15, 0.2) is 0 Å². The van der Waals surface area contributed by atoms with Gasteiger partial charge in [0.25, 0.3) is 0 Å². The summed E-state index contributed by atoms with van der Waals surface area (Å²) in [5.74, 6) is 0.493. The second-order valence-corrected chi connectivity index (χ2v) is 9.28. The predicted octanol–water partition coefficient (Wildman–Crippen LogP) is 7.68. The zero-order valence-electron chi connectivity index (χ0n) is 19.1. The smallest absolute Gasteiger partial charge is 0.126 e. The van der Waals surface area contributed by atoms with E-state index in [-0.39, 0.29) is 11.4 Å². The molecule has 0 fully saturated rings. The van der Waals surface area contributed by atoms with Crippen LogP contribution in [0.1, 0.15) is 37.5 Å². The van der Waals surface area contributed by atoms with E-state index in [9.17, 15) is 4.39 Å². The lowest BCUT2D eigenvalue weighted by Crippen LogP contribution is -2.32. The van der Waals surface area contributed by atoms with Gasteiger partial charge in [-0.1, -0.05) is 29.8 Å². The second-order valence-electron chi connectivity index (χ2n) is 8.85. The maximum absolute atomic E-state index is 13.9. The lowest BCUT2D eigenvalue weighted by Gasteiger charge is -2.33. The number of hydrogen-bond acceptors (Lipinski definition) is 3. The quantitative estimate of drug-likeness (QED) is 0.418. The van der Waals surface area contributed by atoms with Crippen LogP contribution >= 0.6 is 11.6 Å². The van der Waals surface area contributed by atoms with Crippen molar-refractivity contribution in [2.45, 2.75) is 39.8 Å². The van der Waals surface area contributed by atoms with Gasteiger partial charge < -0.3 is 15.4 Å². The Balaban J connectivity index is 1.89. The van der Waals surface area contributed by atoms with Gasteiger partial charge in [-0.2, -0.15) is 0 Å². The van der Waals surface area contributed by atoms with Gasteiger partial charge in [-0.25, -0.2) is 4.39 Å². The van der Waals surface area contributed by atoms with E-state index in [1.54, 1.807) is 13.2 Å². The molecule has 1 aliphatic heterocycles. The summed E-state index contributed by atoms with van der Waals surface area (Å²) in [5, 5.41) is 7.72. The molecule has 32 heavy (non-hydrogen) atoms. The molecule has 0 saturated heterocycles. The van der Waals surface area contributed by atoms with Gasteiger partial charge in [-0.15, -0.1) is 0 Å². The van der Waals surface area contributed by atoms with Gasteiger partial charge in [0.1, 0.15) is 11.6 Å². The second kappa shape index (κ2) is 8.51. The van der Waals surface area contributed by atoms with Crippen molar-refractivity contribution in [3.63, 3.8) is 0 Å². The lowest BCUT2D eigenvalue weighted by molar-refractivity contribution is 0.416. The Bertz CT molecular complexity index is 1220. The number of benzene rings is 3. The van der Waals surface area contributed by atoms with Crippen molar-refractivity contribution in [3.8, 4) is 16.9 Å². The molecule has 0 unspecified atom stereocenters. The summed E-state index contributed by atoms with van der Waals surface area (Å²) in [6, 6.07) is 14.7. The first kappa shape index (κ1) is 22.2. The van der Waals surface area contributed by atoms with Crippen molar-refractivity contribution in [1.82, 2.24) is 0 Å². The van der Waals surface area contributed by atoms with Crippen LogP contribution in [0, 0.1) is 12.7 Å². The van der Waals surface area contributed by atoms with Gasteiger partial charge in [0.05, 0.1) is 12.6 Å². The first-order valence-corrected chi connectivity index (χ1v) is 11.0. The standard InChI is InChI=1S/C27H28ClFN2O/c1-16-6-8-19(29)13-24(16)30-15-22-20(21-12-18(28)7-11-25(21)32-5)9-10-23-26(22)17(2)14-27(3,4)31-23/h6-14,30-31H,15H2,1-5H3. The van der Waals surface area contributed by atoms with E-state index in [4.69, 9.17) is 16.3 Å². The van der Waals surface area contributed by atoms with Gasteiger partial charge in [0, 0.05) is 34.1 Å². The molecule has 0 spiro atoms. The zero-order valence-corrected chi connectivity index (χ0v) is 19.8. The molecular weight excluding hydrogens is 423 g/mol. The van der Waals surface area contributed by atoms with Crippen molar-refractivity contribution in [2.24, 2.45) is 0 Å². The summed E-state index contributed by atoms with van der Waals surface area (Å²) >= 11 is 6.36. The third-order valence-corrected chi connectivity index (χ3v) is 6.08. The Kier molecular flexibility index (Phi) is 5.91. The van der Waals surface area contributed by atoms with Crippen LogP contribution in [0.15, 0.2) is 54.6 Å². The average Bonchev–Trinajstić information content (AvgIpc) is 2.73. The number of nitrogens with one attached hydrogen (secondary N) is 2. The normalized spacial score (nSPS) is 14.3. The van der Waals surface area contributed by atoms with E-state index in [0.29, 0.717) is 11.6 Å². The molecule has 3 nitrogen and oxygen atoms in total. The van der Waals surface area contributed by atoms with Crippen molar-refractivity contribution < 1.29 is 9.13 Å². The molecule has 1 heterocycles. The van der Waals surface area contributed by atoms with Crippen LogP contribution in [0.2, 0.25) is 5.02 Å². The number of aryl methyl sites for hydroxylation is 1. The largest absolute Gasteiger partial charge is 0.496 e. The fourth-order valence-electron chi connectivity index (χ4n) is 4.49. The van der Waals surface area contributed by atoms with E-state index >= 15 is 0 Å². The molecule has 0 amide bonds. The molecule has 5 heteroatoms. The van der Waals surface area contributed by atoms with E-state index in [1.165, 1.54) is 17.7 Å². The van der Waals surface area contributed by atoms with Crippen LogP contribution in [0.3, 0.4) is 0 Å². The van der Waals surface area contributed by atoms with Gasteiger partial charge in [0.2, 0.25) is 0 Å². The fraction of sp³-hybridized carbons (Fsp3) is 0.259. The third-order valence-electron chi connectivity index (χ3n) is 5.85. The summed E-state index contributed by atoms with van der Waals surface area (Å²) in [6.07, 6.45) is 2.24. The molecule has 4 rings (SSSR count). The Morgan fingerprint density at radius 1 is 1.03 bits per heavy atom. The molecule has 0 aromatic heterocycles. The molecule has 166 valence electrons. The number of anilines is 2. The maximum Gasteiger partial charge on any atom is 0.126 e. The van der Waals surface area contributed by atoms with Crippen LogP contribution in [0.25, 0.3) is 16.7 Å². The number of fused-ring (bicyclic) bond motifs is 1. The molecular formula is C27H28ClFN2O. The van der Waals surface area contributed by atoms with Crippen LogP contribution < -0.4 is 15.4 Å². The first-order chi connectivity index (χ1) is 15.2. The molecule has 3 aromatic rings. The minimum atomic E-state index is -0.260. The van der Waals surface area contributed by atoms with Crippen molar-refractivity contribution >= 4 is 28.5 Å². The third kappa shape index (κ3) is 4.33. The molecule has 0 atom stereocenters. The molecule has 2 N–H and O–H groups in total. The Morgan fingerprint density at radius 2 is 1.81 bits per heavy atom.